The lowest BCUT2D eigenvalue weighted by Crippen LogP contribution is -2.67. The lowest BCUT2D eigenvalue weighted by Gasteiger charge is -2.55. The van der Waals surface area contributed by atoms with E-state index in [4.69, 9.17) is 4.43 Å². The van der Waals surface area contributed by atoms with Crippen LogP contribution in [0, 0.1) is 11.3 Å². The Morgan fingerprint density at radius 3 is 1.81 bits per heavy atom. The summed E-state index contributed by atoms with van der Waals surface area (Å²) in [5.41, 5.74) is 6.12. The Balaban J connectivity index is 1.34. The predicted molar refractivity (Wildman–Crippen MR) is 220 cm³/mol. The van der Waals surface area contributed by atoms with Gasteiger partial charge in [-0.2, -0.15) is 0 Å². The molecule has 0 saturated carbocycles. The van der Waals surface area contributed by atoms with E-state index in [1.165, 1.54) is 49.9 Å². The van der Waals surface area contributed by atoms with E-state index in [0.29, 0.717) is 6.61 Å². The highest BCUT2D eigenvalue weighted by molar-refractivity contribution is 6.99. The molecule has 1 fully saturated rings. The number of aromatic nitrogens is 1. The third-order valence-electron chi connectivity index (χ3n) is 12.6. The van der Waals surface area contributed by atoms with Crippen molar-refractivity contribution < 1.29 is 9.22 Å². The maximum absolute atomic E-state index is 13.7. The Bertz CT molecular complexity index is 2120. The highest BCUT2D eigenvalue weighted by atomic mass is 28.4. The molecule has 53 heavy (non-hydrogen) atoms. The largest absolute Gasteiger partial charge is 0.407 e. The lowest BCUT2D eigenvalue weighted by molar-refractivity contribution is -0.129. The number of hydrogen-bond donors (Lipinski definition) is 0. The minimum absolute atomic E-state index is 0.0499. The van der Waals surface area contributed by atoms with Crippen molar-refractivity contribution in [2.24, 2.45) is 11.3 Å². The van der Waals surface area contributed by atoms with Gasteiger partial charge in [-0.15, -0.1) is 0 Å². The fraction of sp³-hybridized carbons (Fsp3) is 0.312. The minimum atomic E-state index is -2.85. The third-order valence-corrected chi connectivity index (χ3v) is 17.6. The number of likely N-dealkylation sites (tertiary alicyclic amines) is 1. The molecule has 2 bridgehead atoms. The number of piperidine rings is 1. The predicted octanol–water partition coefficient (Wildman–Crippen LogP) is 9.52. The summed E-state index contributed by atoms with van der Waals surface area (Å²) in [6, 6.07) is 52.8. The molecule has 4 nitrogen and oxygen atoms in total. The molecule has 0 N–H and O–H groups in total. The van der Waals surface area contributed by atoms with E-state index in [1.807, 2.05) is 0 Å². The second kappa shape index (κ2) is 14.4. The van der Waals surface area contributed by atoms with E-state index in [1.54, 1.807) is 0 Å². The van der Waals surface area contributed by atoms with E-state index in [2.05, 4.69) is 183 Å². The topological polar surface area (TPSA) is 34.5 Å². The molecule has 1 aromatic heterocycles. The zero-order valence-electron chi connectivity index (χ0n) is 31.6. The van der Waals surface area contributed by atoms with Gasteiger partial charge in [0.2, 0.25) is 0 Å². The van der Waals surface area contributed by atoms with Crippen molar-refractivity contribution in [3.63, 3.8) is 0 Å². The molecule has 0 unspecified atom stereocenters. The fourth-order valence-corrected chi connectivity index (χ4v) is 14.6. The first-order valence-corrected chi connectivity index (χ1v) is 21.3. The molecule has 2 heterocycles. The Labute approximate surface area is 316 Å². The van der Waals surface area contributed by atoms with E-state index in [0.717, 1.165) is 32.5 Å². The summed E-state index contributed by atoms with van der Waals surface area (Å²) in [4.78, 5) is 16.3. The Hall–Kier alpha value is -4.55. The summed E-state index contributed by atoms with van der Waals surface area (Å²) < 4.78 is 10.4. The van der Waals surface area contributed by atoms with Crippen molar-refractivity contribution in [2.75, 3.05) is 13.2 Å². The van der Waals surface area contributed by atoms with Crippen LogP contribution in [0.5, 0.6) is 0 Å². The SMILES string of the molecule is CC[C@@]1(C=O)CN(Cc2ccccc2)[C@H]2C[C@H]1[C@@H](CO[Si](c1ccccc1)(c1ccccc1)C(C)(C)C)c1c2n(Cc2ccccc2)c2ccccc12. The number of benzene rings is 5. The molecular formula is C48H52N2O2Si. The number of fused-ring (bicyclic) bond motifs is 6. The molecule has 1 aliphatic heterocycles. The number of rotatable bonds is 11. The van der Waals surface area contributed by atoms with Crippen LogP contribution in [0.1, 0.15) is 74.9 Å². The number of hydrogen-bond acceptors (Lipinski definition) is 3. The number of carbonyl (C=O) groups is 1. The van der Waals surface area contributed by atoms with E-state index in [-0.39, 0.29) is 22.9 Å². The zero-order chi connectivity index (χ0) is 36.6. The summed E-state index contributed by atoms with van der Waals surface area (Å²) in [5, 5.41) is 3.72. The summed E-state index contributed by atoms with van der Waals surface area (Å²) in [7, 11) is -2.85. The Kier molecular flexibility index (Phi) is 9.61. The molecule has 1 aliphatic carbocycles. The van der Waals surface area contributed by atoms with Gasteiger partial charge in [-0.05, 0) is 56.9 Å². The van der Waals surface area contributed by atoms with Gasteiger partial charge in [0.15, 0.2) is 0 Å². The van der Waals surface area contributed by atoms with E-state index in [9.17, 15) is 4.79 Å². The normalized spacial score (nSPS) is 21.7. The molecule has 0 spiro atoms. The average Bonchev–Trinajstić information content (AvgIpc) is 3.51. The van der Waals surface area contributed by atoms with E-state index < -0.39 is 13.7 Å². The monoisotopic (exact) mass is 716 g/mol. The Morgan fingerprint density at radius 2 is 1.26 bits per heavy atom. The van der Waals surface area contributed by atoms with Gasteiger partial charge in [-0.3, -0.25) is 4.90 Å². The maximum atomic E-state index is 13.7. The van der Waals surface area contributed by atoms with Crippen LogP contribution in [0.15, 0.2) is 146 Å². The van der Waals surface area contributed by atoms with Crippen molar-refractivity contribution in [3.8, 4) is 0 Å². The van der Waals surface area contributed by atoms with Gasteiger partial charge in [0.1, 0.15) is 6.29 Å². The van der Waals surface area contributed by atoms with Crippen molar-refractivity contribution in [1.29, 1.82) is 0 Å². The first-order valence-electron chi connectivity index (χ1n) is 19.4. The molecule has 0 radical (unpaired) electrons. The Morgan fingerprint density at radius 1 is 0.736 bits per heavy atom. The van der Waals surface area contributed by atoms with Crippen LogP contribution in [0.3, 0.4) is 0 Å². The average molecular weight is 717 g/mol. The van der Waals surface area contributed by atoms with Gasteiger partial charge in [0.05, 0.1) is 6.04 Å². The van der Waals surface area contributed by atoms with Crippen molar-refractivity contribution in [2.45, 2.75) is 70.6 Å². The van der Waals surface area contributed by atoms with Crippen molar-refractivity contribution >= 4 is 35.9 Å². The standard InChI is InChI=1S/C48H52N2O2Si/c1-5-48(35-51)34-49(31-36-20-10-6-11-21-36)44-30-42(48)41(45-40-28-18-19-29-43(40)50(46(44)45)32-37-22-12-7-13-23-37)33-52-53(47(2,3)4,38-24-14-8-15-25-38)39-26-16-9-17-27-39/h6-29,35,41-42,44H,5,30-34H2,1-4H3/t41-,42+,44+,48+/m1/s1. The molecular weight excluding hydrogens is 665 g/mol. The first kappa shape index (κ1) is 35.5. The van der Waals surface area contributed by atoms with Gasteiger partial charge < -0.3 is 13.8 Å². The van der Waals surface area contributed by atoms with Crippen LogP contribution < -0.4 is 10.4 Å². The van der Waals surface area contributed by atoms with Crippen LogP contribution in [0.4, 0.5) is 0 Å². The fourth-order valence-electron chi connectivity index (χ4n) is 10.1. The molecule has 0 amide bonds. The number of para-hydroxylation sites is 1. The highest BCUT2D eigenvalue weighted by Gasteiger charge is 2.56. The van der Waals surface area contributed by atoms with Crippen LogP contribution in [0.25, 0.3) is 10.9 Å². The van der Waals surface area contributed by atoms with Gasteiger partial charge in [0.25, 0.3) is 8.32 Å². The summed E-state index contributed by atoms with van der Waals surface area (Å²) in [5.74, 6) is 0.192. The van der Waals surface area contributed by atoms with Crippen molar-refractivity contribution in [3.05, 3.63) is 168 Å². The second-order valence-electron chi connectivity index (χ2n) is 16.4. The lowest BCUT2D eigenvalue weighted by atomic mass is 9.58. The highest BCUT2D eigenvalue weighted by Crippen LogP contribution is 2.58. The van der Waals surface area contributed by atoms with E-state index >= 15 is 0 Å². The summed E-state index contributed by atoms with van der Waals surface area (Å²) >= 11 is 0. The molecule has 8 rings (SSSR count). The first-order chi connectivity index (χ1) is 25.8. The number of carbonyl (C=O) groups excluding carboxylic acids is 1. The molecule has 5 aromatic carbocycles. The maximum Gasteiger partial charge on any atom is 0.261 e. The van der Waals surface area contributed by atoms with Gasteiger partial charge in [-0.1, -0.05) is 167 Å². The number of aldehydes is 1. The minimum Gasteiger partial charge on any atom is -0.407 e. The third kappa shape index (κ3) is 6.13. The quantitative estimate of drug-likeness (QED) is 0.0990. The molecule has 5 heteroatoms. The van der Waals surface area contributed by atoms with Crippen LogP contribution in [-0.2, 0) is 22.3 Å². The molecule has 270 valence electrons. The molecule has 2 aliphatic rings. The zero-order valence-corrected chi connectivity index (χ0v) is 32.6. The summed E-state index contributed by atoms with van der Waals surface area (Å²) in [6.07, 6.45) is 3.05. The smallest absolute Gasteiger partial charge is 0.261 e. The molecule has 4 atom stereocenters. The molecule has 1 saturated heterocycles. The van der Waals surface area contributed by atoms with Crippen LogP contribution in [0.2, 0.25) is 5.04 Å². The number of nitrogens with zero attached hydrogens (tertiary/aromatic N) is 2. The van der Waals surface area contributed by atoms with Crippen LogP contribution >= 0.6 is 0 Å². The van der Waals surface area contributed by atoms with Gasteiger partial charge in [0, 0.05) is 54.2 Å². The molecule has 6 aromatic rings. The second-order valence-corrected chi connectivity index (χ2v) is 20.7. The van der Waals surface area contributed by atoms with Crippen molar-refractivity contribution in [1.82, 2.24) is 9.47 Å². The van der Waals surface area contributed by atoms with Gasteiger partial charge >= 0.3 is 0 Å². The van der Waals surface area contributed by atoms with Crippen LogP contribution in [-0.4, -0.2) is 37.2 Å². The van der Waals surface area contributed by atoms with Gasteiger partial charge in [-0.25, -0.2) is 0 Å². The summed E-state index contributed by atoms with van der Waals surface area (Å²) in [6.45, 7) is 12.2.